The molecule has 3 N–H and O–H groups in total. The van der Waals surface area contributed by atoms with Crippen molar-refractivity contribution in [1.82, 2.24) is 10.6 Å². The summed E-state index contributed by atoms with van der Waals surface area (Å²) in [4.78, 5) is 11.3. The monoisotopic (exact) mass is 214 g/mol. The van der Waals surface area contributed by atoms with E-state index in [9.17, 15) is 9.90 Å². The predicted octanol–water partition coefficient (Wildman–Crippen LogP) is -0.970. The first-order valence-corrected chi connectivity index (χ1v) is 5.05. The Balaban J connectivity index is 2.13. The van der Waals surface area contributed by atoms with Gasteiger partial charge in [0.1, 0.15) is 5.60 Å². The molecule has 0 aromatic carbocycles. The Morgan fingerprint density at radius 3 is 3.07 bits per heavy atom. The average Bonchev–Trinajstić information content (AvgIpc) is 2.64. The first kappa shape index (κ1) is 12.2. The van der Waals surface area contributed by atoms with E-state index in [2.05, 4.69) is 17.2 Å². The average molecular weight is 214 g/mol. The van der Waals surface area contributed by atoms with Crippen LogP contribution in [0.25, 0.3) is 0 Å². The Kier molecular flexibility index (Phi) is 4.74. The van der Waals surface area contributed by atoms with Gasteiger partial charge in [-0.2, -0.15) is 0 Å². The lowest BCUT2D eigenvalue weighted by molar-refractivity contribution is -0.121. The lowest BCUT2D eigenvalue weighted by Gasteiger charge is -2.20. The number of hydrogen-bond donors (Lipinski definition) is 3. The van der Waals surface area contributed by atoms with Crippen molar-refractivity contribution in [2.45, 2.75) is 12.0 Å². The van der Waals surface area contributed by atoms with Crippen LogP contribution in [0.3, 0.4) is 0 Å². The van der Waals surface area contributed by atoms with E-state index in [0.717, 1.165) is 0 Å². The number of carbonyl (C=O) groups excluding carboxylic acids is 1. The van der Waals surface area contributed by atoms with Crippen LogP contribution in [0, 0.1) is 0 Å². The van der Waals surface area contributed by atoms with Crippen LogP contribution < -0.4 is 10.6 Å². The second kappa shape index (κ2) is 5.85. The molecule has 1 unspecified atom stereocenters. The molecular weight excluding hydrogens is 196 g/mol. The lowest BCUT2D eigenvalue weighted by Crippen LogP contribution is -2.45. The van der Waals surface area contributed by atoms with Crippen molar-refractivity contribution >= 4 is 5.91 Å². The SMILES string of the molecule is C=CCNCC(=O)NCC1(O)CCOC1. The summed E-state index contributed by atoms with van der Waals surface area (Å²) in [6, 6.07) is 0. The molecule has 1 atom stereocenters. The fourth-order valence-corrected chi connectivity index (χ4v) is 1.35. The third-order valence-corrected chi connectivity index (χ3v) is 2.27. The minimum Gasteiger partial charge on any atom is -0.386 e. The largest absolute Gasteiger partial charge is 0.386 e. The summed E-state index contributed by atoms with van der Waals surface area (Å²) in [5.41, 5.74) is -0.881. The van der Waals surface area contributed by atoms with E-state index >= 15 is 0 Å². The number of carbonyl (C=O) groups is 1. The van der Waals surface area contributed by atoms with Crippen LogP contribution in [0.1, 0.15) is 6.42 Å². The van der Waals surface area contributed by atoms with E-state index < -0.39 is 5.60 Å². The third kappa shape index (κ3) is 4.42. The maximum absolute atomic E-state index is 11.3. The highest BCUT2D eigenvalue weighted by atomic mass is 16.5. The van der Waals surface area contributed by atoms with Crippen molar-refractivity contribution in [3.05, 3.63) is 12.7 Å². The Labute approximate surface area is 89.5 Å². The van der Waals surface area contributed by atoms with Crippen LogP contribution in [-0.4, -0.2) is 49.5 Å². The predicted molar refractivity (Wildman–Crippen MR) is 56.5 cm³/mol. The summed E-state index contributed by atoms with van der Waals surface area (Å²) in [6.07, 6.45) is 2.26. The maximum Gasteiger partial charge on any atom is 0.234 e. The molecule has 1 aliphatic heterocycles. The molecular formula is C10H18N2O3. The van der Waals surface area contributed by atoms with Gasteiger partial charge >= 0.3 is 0 Å². The van der Waals surface area contributed by atoms with Gasteiger partial charge in [0.2, 0.25) is 5.91 Å². The fraction of sp³-hybridized carbons (Fsp3) is 0.700. The van der Waals surface area contributed by atoms with Crippen LogP contribution in [0.5, 0.6) is 0 Å². The molecule has 5 heteroatoms. The molecule has 1 rings (SSSR count). The van der Waals surface area contributed by atoms with Crippen molar-refractivity contribution in [1.29, 1.82) is 0 Å². The van der Waals surface area contributed by atoms with Crippen molar-refractivity contribution in [2.24, 2.45) is 0 Å². The molecule has 0 saturated carbocycles. The summed E-state index contributed by atoms with van der Waals surface area (Å²) in [5.74, 6) is -0.128. The molecule has 0 bridgehead atoms. The van der Waals surface area contributed by atoms with E-state index in [0.29, 0.717) is 26.2 Å². The topological polar surface area (TPSA) is 70.6 Å². The molecule has 1 saturated heterocycles. The zero-order chi connectivity index (χ0) is 11.1. The summed E-state index contributed by atoms with van der Waals surface area (Å²) in [7, 11) is 0. The van der Waals surface area contributed by atoms with Crippen LogP contribution in [0.4, 0.5) is 0 Å². The van der Waals surface area contributed by atoms with Crippen molar-refractivity contribution in [3.8, 4) is 0 Å². The Hall–Kier alpha value is -0.910. The minimum absolute atomic E-state index is 0.128. The molecule has 1 aliphatic rings. The van der Waals surface area contributed by atoms with Gasteiger partial charge in [-0.05, 0) is 0 Å². The lowest BCUT2D eigenvalue weighted by atomic mass is 10.0. The highest BCUT2D eigenvalue weighted by Crippen LogP contribution is 2.16. The van der Waals surface area contributed by atoms with Gasteiger partial charge in [-0.3, -0.25) is 4.79 Å². The van der Waals surface area contributed by atoms with Gasteiger partial charge in [0.05, 0.1) is 13.2 Å². The van der Waals surface area contributed by atoms with Crippen LogP contribution in [-0.2, 0) is 9.53 Å². The van der Waals surface area contributed by atoms with Crippen molar-refractivity contribution in [2.75, 3.05) is 32.8 Å². The normalized spacial score (nSPS) is 25.1. The van der Waals surface area contributed by atoms with Crippen LogP contribution >= 0.6 is 0 Å². The van der Waals surface area contributed by atoms with Crippen molar-refractivity contribution in [3.63, 3.8) is 0 Å². The Morgan fingerprint density at radius 1 is 1.67 bits per heavy atom. The molecule has 0 radical (unpaired) electrons. The van der Waals surface area contributed by atoms with E-state index in [1.807, 2.05) is 0 Å². The quantitative estimate of drug-likeness (QED) is 0.393. The number of hydrogen-bond acceptors (Lipinski definition) is 4. The Bertz CT molecular complexity index is 225. The summed E-state index contributed by atoms with van der Waals surface area (Å²) in [6.45, 7) is 5.47. The van der Waals surface area contributed by atoms with Crippen LogP contribution in [0.15, 0.2) is 12.7 Å². The van der Waals surface area contributed by atoms with Gasteiger partial charge in [-0.25, -0.2) is 0 Å². The van der Waals surface area contributed by atoms with Crippen molar-refractivity contribution < 1.29 is 14.6 Å². The van der Waals surface area contributed by atoms with E-state index in [1.165, 1.54) is 0 Å². The molecule has 0 spiro atoms. The molecule has 1 heterocycles. The van der Waals surface area contributed by atoms with Gasteiger partial charge in [0, 0.05) is 26.1 Å². The van der Waals surface area contributed by atoms with Gasteiger partial charge in [0.15, 0.2) is 0 Å². The molecule has 1 fully saturated rings. The minimum atomic E-state index is -0.881. The van der Waals surface area contributed by atoms with E-state index in [4.69, 9.17) is 4.74 Å². The summed E-state index contributed by atoms with van der Waals surface area (Å²) in [5, 5.41) is 15.4. The second-order valence-electron chi connectivity index (χ2n) is 3.72. The van der Waals surface area contributed by atoms with E-state index in [-0.39, 0.29) is 19.0 Å². The van der Waals surface area contributed by atoms with Gasteiger partial charge in [-0.15, -0.1) is 6.58 Å². The zero-order valence-corrected chi connectivity index (χ0v) is 8.79. The smallest absolute Gasteiger partial charge is 0.234 e. The van der Waals surface area contributed by atoms with Crippen LogP contribution in [0.2, 0.25) is 0 Å². The highest BCUT2D eigenvalue weighted by Gasteiger charge is 2.32. The molecule has 15 heavy (non-hydrogen) atoms. The molecule has 0 aromatic rings. The second-order valence-corrected chi connectivity index (χ2v) is 3.72. The first-order valence-electron chi connectivity index (χ1n) is 5.05. The standard InChI is InChI=1S/C10H18N2O3/c1-2-4-11-6-9(13)12-7-10(14)3-5-15-8-10/h2,11,14H,1,3-8H2,(H,12,13). The number of aliphatic hydroxyl groups is 1. The number of amides is 1. The molecule has 0 aliphatic carbocycles. The number of nitrogens with one attached hydrogen (secondary N) is 2. The summed E-state index contributed by atoms with van der Waals surface area (Å²) < 4.78 is 5.06. The summed E-state index contributed by atoms with van der Waals surface area (Å²) >= 11 is 0. The molecule has 86 valence electrons. The third-order valence-electron chi connectivity index (χ3n) is 2.27. The maximum atomic E-state index is 11.3. The van der Waals surface area contributed by atoms with Gasteiger partial charge in [-0.1, -0.05) is 6.08 Å². The Morgan fingerprint density at radius 2 is 2.47 bits per heavy atom. The first-order chi connectivity index (χ1) is 7.16. The highest BCUT2D eigenvalue weighted by molar-refractivity contribution is 5.78. The zero-order valence-electron chi connectivity index (χ0n) is 8.79. The number of ether oxygens (including phenoxy) is 1. The molecule has 0 aromatic heterocycles. The number of rotatable bonds is 6. The van der Waals surface area contributed by atoms with Gasteiger partial charge < -0.3 is 20.5 Å². The molecule has 1 amide bonds. The van der Waals surface area contributed by atoms with E-state index in [1.54, 1.807) is 6.08 Å². The molecule has 5 nitrogen and oxygen atoms in total. The fourth-order valence-electron chi connectivity index (χ4n) is 1.35. The van der Waals surface area contributed by atoms with Gasteiger partial charge in [0.25, 0.3) is 0 Å².